The summed E-state index contributed by atoms with van der Waals surface area (Å²) in [6.07, 6.45) is 6.80. The molecule has 2 N–H and O–H groups in total. The van der Waals surface area contributed by atoms with Gasteiger partial charge in [0.1, 0.15) is 13.1 Å². The maximum absolute atomic E-state index is 10.5. The van der Waals surface area contributed by atoms with Crippen molar-refractivity contribution in [2.24, 2.45) is 0 Å². The first-order valence-electron chi connectivity index (χ1n) is 15.6. The number of aromatic nitrogens is 2. The van der Waals surface area contributed by atoms with Crippen molar-refractivity contribution in [3.63, 3.8) is 0 Å². The van der Waals surface area contributed by atoms with E-state index in [-0.39, 0.29) is 9.79 Å². The lowest BCUT2D eigenvalue weighted by atomic mass is 10.1. The molecule has 0 fully saturated rings. The molecule has 0 aliphatic carbocycles. The third-order valence-electron chi connectivity index (χ3n) is 7.97. The van der Waals surface area contributed by atoms with Crippen molar-refractivity contribution in [2.75, 3.05) is 0 Å². The number of hydrogen-bond acceptors (Lipinski definition) is 4. The number of hydrogen-bond donors (Lipinski definition) is 2. The van der Waals surface area contributed by atoms with Crippen molar-refractivity contribution in [2.45, 2.75) is 63.4 Å². The zero-order chi connectivity index (χ0) is 34.9. The van der Waals surface area contributed by atoms with E-state index in [2.05, 4.69) is 96.0 Å². The summed E-state index contributed by atoms with van der Waals surface area (Å²) in [6, 6.07) is 33.8. The van der Waals surface area contributed by atoms with Gasteiger partial charge in [0.25, 0.3) is 20.2 Å². The van der Waals surface area contributed by atoms with Crippen molar-refractivity contribution in [3.05, 3.63) is 144 Å². The normalized spacial score (nSPS) is 11.4. The molecule has 4 aromatic carbocycles. The smallest absolute Gasteiger partial charge is 0.282 e. The summed E-state index contributed by atoms with van der Waals surface area (Å²) >= 11 is 0. The van der Waals surface area contributed by atoms with Gasteiger partial charge in [0, 0.05) is 47.9 Å². The number of pyridine rings is 2. The Kier molecular flexibility index (Phi) is 12.2. The van der Waals surface area contributed by atoms with Crippen LogP contribution in [0.1, 0.15) is 35.1 Å². The van der Waals surface area contributed by atoms with Gasteiger partial charge in [0.15, 0.2) is 12.4 Å². The van der Waals surface area contributed by atoms with Crippen LogP contribution in [0.5, 0.6) is 0 Å². The van der Waals surface area contributed by atoms with Gasteiger partial charge in [-0.2, -0.15) is 26.0 Å². The Morgan fingerprint density at radius 3 is 1.15 bits per heavy atom. The van der Waals surface area contributed by atoms with E-state index >= 15 is 0 Å². The highest BCUT2D eigenvalue weighted by molar-refractivity contribution is 7.86. The first-order chi connectivity index (χ1) is 22.7. The molecule has 6 rings (SSSR count). The van der Waals surface area contributed by atoms with Crippen molar-refractivity contribution in [1.29, 1.82) is 0 Å². The van der Waals surface area contributed by atoms with Gasteiger partial charge in [-0.15, -0.1) is 0 Å². The maximum Gasteiger partial charge on any atom is 0.294 e. The molecule has 48 heavy (non-hydrogen) atoms. The Balaban J connectivity index is 0.000000195. The van der Waals surface area contributed by atoms with Crippen LogP contribution in [0.25, 0.3) is 21.8 Å². The van der Waals surface area contributed by atoms with E-state index < -0.39 is 20.2 Å². The Labute approximate surface area is 283 Å². The largest absolute Gasteiger partial charge is 0.294 e. The highest BCUT2D eigenvalue weighted by Crippen LogP contribution is 2.16. The van der Waals surface area contributed by atoms with Gasteiger partial charge >= 0.3 is 0 Å². The highest BCUT2D eigenvalue weighted by Gasteiger charge is 2.13. The summed E-state index contributed by atoms with van der Waals surface area (Å²) < 4.78 is 63.9. The number of rotatable bonds is 7. The molecule has 10 heteroatoms. The van der Waals surface area contributed by atoms with Crippen LogP contribution in [0.3, 0.4) is 0 Å². The van der Waals surface area contributed by atoms with E-state index in [0.29, 0.717) is 0 Å². The number of unbranched alkanes of at least 4 members (excludes halogenated alkanes) is 1. The fourth-order valence-electron chi connectivity index (χ4n) is 5.23. The molecular weight excluding hydrogens is 645 g/mol. The fraction of sp³-hybridized carbons (Fsp3) is 0.211. The van der Waals surface area contributed by atoms with Gasteiger partial charge in [0.05, 0.1) is 9.79 Å². The average Bonchev–Trinajstić information content (AvgIpc) is 3.05. The molecule has 0 radical (unpaired) electrons. The van der Waals surface area contributed by atoms with Gasteiger partial charge < -0.3 is 0 Å². The van der Waals surface area contributed by atoms with Crippen LogP contribution in [0.15, 0.2) is 131 Å². The van der Waals surface area contributed by atoms with Crippen LogP contribution in [-0.2, 0) is 33.3 Å². The predicted octanol–water partition coefficient (Wildman–Crippen LogP) is 7.15. The molecule has 0 saturated heterocycles. The number of aryl methyl sites for hydroxylation is 6. The van der Waals surface area contributed by atoms with E-state index in [1.165, 1.54) is 70.0 Å². The third kappa shape index (κ3) is 10.0. The van der Waals surface area contributed by atoms with Crippen LogP contribution in [0.2, 0.25) is 0 Å². The minimum absolute atomic E-state index is 0.0666. The van der Waals surface area contributed by atoms with Gasteiger partial charge in [-0.05, 0) is 75.2 Å². The summed E-state index contributed by atoms with van der Waals surface area (Å²) in [4.78, 5) is -0.133. The van der Waals surface area contributed by atoms with E-state index in [1.54, 1.807) is 24.3 Å². The summed E-state index contributed by atoms with van der Waals surface area (Å²) in [6.45, 7) is 10.2. The predicted molar refractivity (Wildman–Crippen MR) is 189 cm³/mol. The van der Waals surface area contributed by atoms with Crippen molar-refractivity contribution in [1.82, 2.24) is 0 Å². The van der Waals surface area contributed by atoms with Crippen LogP contribution >= 0.6 is 0 Å². The van der Waals surface area contributed by atoms with Crippen molar-refractivity contribution < 1.29 is 35.1 Å². The second-order valence-electron chi connectivity index (χ2n) is 11.7. The van der Waals surface area contributed by atoms with E-state index in [0.717, 1.165) is 24.2 Å². The van der Waals surface area contributed by atoms with Gasteiger partial charge in [-0.3, -0.25) is 9.11 Å². The molecule has 0 unspecified atom stereocenters. The molecule has 0 aliphatic rings. The Morgan fingerprint density at radius 2 is 0.812 bits per heavy atom. The van der Waals surface area contributed by atoms with Gasteiger partial charge in [0.2, 0.25) is 11.0 Å². The topological polar surface area (TPSA) is 116 Å². The first kappa shape index (κ1) is 36.4. The number of benzene rings is 4. The van der Waals surface area contributed by atoms with Gasteiger partial charge in [-0.25, -0.2) is 0 Å². The molecule has 0 saturated carbocycles. The van der Waals surface area contributed by atoms with Crippen LogP contribution in [0.4, 0.5) is 0 Å². The van der Waals surface area contributed by atoms with Crippen molar-refractivity contribution >= 4 is 42.0 Å². The zero-order valence-electron chi connectivity index (χ0n) is 27.6. The van der Waals surface area contributed by atoms with E-state index in [4.69, 9.17) is 9.11 Å². The zero-order valence-corrected chi connectivity index (χ0v) is 29.2. The summed E-state index contributed by atoms with van der Waals surface area (Å²) in [5.41, 5.74) is 7.27. The lowest BCUT2D eigenvalue weighted by Gasteiger charge is -2.05. The summed E-state index contributed by atoms with van der Waals surface area (Å²) in [5, 5.41) is 2.71. The first-order valence-corrected chi connectivity index (χ1v) is 18.5. The number of nitrogens with zero attached hydrogens (tertiary/aromatic N) is 2. The number of para-hydroxylation sites is 2. The molecule has 6 aromatic rings. The second-order valence-corrected chi connectivity index (χ2v) is 14.5. The monoisotopic (exact) mass is 686 g/mol. The molecule has 8 nitrogen and oxygen atoms in total. The molecule has 0 aliphatic heterocycles. The summed E-state index contributed by atoms with van der Waals surface area (Å²) in [7, 11) is -8.04. The molecular formula is C38H42N2O6S2+2. The van der Waals surface area contributed by atoms with E-state index in [9.17, 15) is 16.8 Å². The Hall–Kier alpha value is -4.48. The molecule has 2 heterocycles. The lowest BCUT2D eigenvalue weighted by molar-refractivity contribution is -0.683. The fourth-order valence-corrected chi connectivity index (χ4v) is 6.19. The molecule has 0 amide bonds. The van der Waals surface area contributed by atoms with E-state index in [1.807, 2.05) is 13.8 Å². The van der Waals surface area contributed by atoms with Crippen LogP contribution < -0.4 is 9.13 Å². The molecule has 0 bridgehead atoms. The summed E-state index contributed by atoms with van der Waals surface area (Å²) in [5.74, 6) is 0. The Morgan fingerprint density at radius 1 is 0.479 bits per heavy atom. The SMILES string of the molecule is Cc1cc[n+](CCCC[n+]2ccc(C)c3ccccc32)c2ccccc12.Cc1ccc(S(=O)(=O)O)cc1.Cc1ccc(S(=O)(=O)O)cc1. The molecule has 2 aromatic heterocycles. The molecule has 0 atom stereocenters. The van der Waals surface area contributed by atoms with Crippen LogP contribution in [0, 0.1) is 27.7 Å². The molecule has 0 spiro atoms. The highest BCUT2D eigenvalue weighted by atomic mass is 32.2. The maximum atomic E-state index is 10.5. The standard InChI is InChI=1S/C24H26N2.2C7H8O3S/c1-19-13-17-25(23-11-5-3-9-21(19)23)15-7-8-16-26-18-14-20(2)22-10-4-6-12-24(22)26;2*1-6-2-4-7(5-3-6)11(8,9)10/h3-6,9-14,17-18H,7-8,15-16H2,1-2H3;2*2-5H,1H3,(H,8,9,10)/q+2;;. The lowest BCUT2D eigenvalue weighted by Crippen LogP contribution is -2.37. The minimum atomic E-state index is -4.02. The van der Waals surface area contributed by atoms with Crippen molar-refractivity contribution in [3.8, 4) is 0 Å². The Bertz CT molecular complexity index is 2060. The minimum Gasteiger partial charge on any atom is -0.282 e. The number of fused-ring (bicyclic) bond motifs is 2. The third-order valence-corrected chi connectivity index (χ3v) is 9.71. The second kappa shape index (κ2) is 16.1. The van der Waals surface area contributed by atoms with Crippen LogP contribution in [-0.4, -0.2) is 25.9 Å². The van der Waals surface area contributed by atoms with Gasteiger partial charge in [-0.1, -0.05) is 59.7 Å². The molecule has 250 valence electrons. The average molecular weight is 687 g/mol. The quantitative estimate of drug-likeness (QED) is 0.105.